The van der Waals surface area contributed by atoms with E-state index in [9.17, 15) is 14.5 Å². The van der Waals surface area contributed by atoms with E-state index in [1.807, 2.05) is 30.3 Å². The quantitative estimate of drug-likeness (QED) is 0.125. The number of fused-ring (bicyclic) bond motifs is 1. The van der Waals surface area contributed by atoms with E-state index < -0.39 is 50.9 Å². The maximum atomic E-state index is 14.2. The fraction of sp³-hybridized carbons (Fsp3) is 0.333. The minimum atomic E-state index is -4.27. The number of nitrogens with one attached hydrogen (secondary N) is 1. The van der Waals surface area contributed by atoms with Crippen LogP contribution in [0.25, 0.3) is 11.2 Å². The van der Waals surface area contributed by atoms with Crippen LogP contribution in [0.3, 0.4) is 0 Å². The van der Waals surface area contributed by atoms with Crippen LogP contribution in [0, 0.1) is 0 Å². The van der Waals surface area contributed by atoms with Crippen molar-refractivity contribution in [2.24, 2.45) is 0 Å². The summed E-state index contributed by atoms with van der Waals surface area (Å²) in [5, 5.41) is 12.7. The number of imidazole rings is 1. The Morgan fingerprint density at radius 2 is 1.88 bits per heavy atom. The monoisotopic (exact) mass is 616 g/mol. The van der Waals surface area contributed by atoms with Gasteiger partial charge in [0.25, 0.3) is 0 Å². The van der Waals surface area contributed by atoms with Crippen molar-refractivity contribution in [3.8, 4) is 5.75 Å². The van der Waals surface area contributed by atoms with Crippen LogP contribution in [-0.4, -0.2) is 55.5 Å². The van der Waals surface area contributed by atoms with E-state index in [1.54, 1.807) is 41.8 Å². The smallest absolute Gasteiger partial charge is 0.457 e. The van der Waals surface area contributed by atoms with Gasteiger partial charge < -0.3 is 24.8 Å². The lowest BCUT2D eigenvalue weighted by molar-refractivity contribution is -0.150. The molecule has 13 nitrogen and oxygen atoms in total. The summed E-state index contributed by atoms with van der Waals surface area (Å²) in [5.41, 5.74) is 7.37. The molecule has 3 heterocycles. The molecule has 0 saturated carbocycles. The van der Waals surface area contributed by atoms with Gasteiger partial charge in [-0.15, -0.1) is 0 Å². The number of aliphatic hydroxyl groups excluding tert-OH is 1. The summed E-state index contributed by atoms with van der Waals surface area (Å²) in [7, 11) is -4.27. The molecule has 42 heavy (non-hydrogen) atoms. The Morgan fingerprint density at radius 1 is 1.19 bits per heavy atom. The number of nitrogens with two attached hydrogens (primary N) is 1. The Hall–Kier alpha value is -3.58. The van der Waals surface area contributed by atoms with Crippen LogP contribution in [0.15, 0.2) is 67.0 Å². The van der Waals surface area contributed by atoms with Gasteiger partial charge in [0.2, 0.25) is 5.28 Å². The number of benzene rings is 2. The van der Waals surface area contributed by atoms with Gasteiger partial charge in [-0.25, -0.2) is 9.55 Å². The zero-order valence-electron chi connectivity index (χ0n) is 22.7. The minimum Gasteiger partial charge on any atom is -0.457 e. The summed E-state index contributed by atoms with van der Waals surface area (Å²) >= 11 is 6.00. The van der Waals surface area contributed by atoms with Crippen molar-refractivity contribution in [1.29, 1.82) is 0 Å². The second-order valence-electron chi connectivity index (χ2n) is 9.64. The van der Waals surface area contributed by atoms with Gasteiger partial charge in [0.1, 0.15) is 41.8 Å². The molecule has 1 aliphatic heterocycles. The number of nitrogens with zero attached hydrogens (tertiary/aromatic N) is 4. The summed E-state index contributed by atoms with van der Waals surface area (Å²) in [6, 6.07) is 16.5. The molecule has 0 radical (unpaired) electrons. The molecule has 1 fully saturated rings. The lowest BCUT2D eigenvalue weighted by Crippen LogP contribution is -2.37. The molecular weight excluding hydrogens is 587 g/mol. The molecule has 2 aromatic heterocycles. The van der Waals surface area contributed by atoms with Gasteiger partial charge in [-0.1, -0.05) is 48.5 Å². The van der Waals surface area contributed by atoms with Crippen LogP contribution in [0.4, 0.5) is 5.82 Å². The molecule has 1 saturated heterocycles. The molecule has 0 spiro atoms. The molecule has 6 atom stereocenters. The third kappa shape index (κ3) is 6.73. The first kappa shape index (κ1) is 29.9. The highest BCUT2D eigenvalue weighted by Crippen LogP contribution is 2.49. The lowest BCUT2D eigenvalue weighted by atomic mass is 10.1. The van der Waals surface area contributed by atoms with E-state index in [1.165, 1.54) is 13.3 Å². The Morgan fingerprint density at radius 3 is 2.57 bits per heavy atom. The van der Waals surface area contributed by atoms with Gasteiger partial charge in [-0.3, -0.25) is 13.9 Å². The summed E-state index contributed by atoms with van der Waals surface area (Å²) in [6.07, 6.45) is -1.54. The number of nitrogen functional groups attached to an aromatic ring is 1. The van der Waals surface area contributed by atoms with Gasteiger partial charge in [0.15, 0.2) is 11.5 Å². The van der Waals surface area contributed by atoms with E-state index in [2.05, 4.69) is 20.0 Å². The van der Waals surface area contributed by atoms with Crippen LogP contribution in [-0.2, 0) is 23.4 Å². The SMILES string of the molecule is C[C@H](NP(=O)(Oc1ccccc1)O[C@@H]1C[C@H](n2cnc3c(N)nc(Cl)nc32)O[C@@H]1CO)C(=O)O[C@@H](C)c1ccccc1. The first-order valence-corrected chi connectivity index (χ1v) is 15.1. The van der Waals surface area contributed by atoms with Gasteiger partial charge in [-0.05, 0) is 43.1 Å². The van der Waals surface area contributed by atoms with E-state index in [-0.39, 0.29) is 23.3 Å². The van der Waals surface area contributed by atoms with Gasteiger partial charge >= 0.3 is 13.7 Å². The molecule has 4 N–H and O–H groups in total. The maximum absolute atomic E-state index is 14.2. The minimum absolute atomic E-state index is 0.0707. The van der Waals surface area contributed by atoms with E-state index in [0.717, 1.165) is 5.56 Å². The summed E-state index contributed by atoms with van der Waals surface area (Å²) in [6.45, 7) is 2.78. The first-order chi connectivity index (χ1) is 20.2. The zero-order valence-corrected chi connectivity index (χ0v) is 24.4. The highest BCUT2D eigenvalue weighted by atomic mass is 35.5. The second-order valence-corrected chi connectivity index (χ2v) is 11.6. The molecule has 1 aliphatic rings. The number of hydrogen-bond acceptors (Lipinski definition) is 11. The van der Waals surface area contributed by atoms with Crippen molar-refractivity contribution < 1.29 is 33.0 Å². The number of para-hydroxylation sites is 1. The third-order valence-corrected chi connectivity index (χ3v) is 8.47. The summed E-state index contributed by atoms with van der Waals surface area (Å²) in [5.74, 6) is -0.323. The number of aromatic nitrogens is 4. The van der Waals surface area contributed by atoms with Gasteiger partial charge in [0, 0.05) is 6.42 Å². The number of esters is 1. The van der Waals surface area contributed by atoms with Crippen LogP contribution in [0.2, 0.25) is 5.28 Å². The van der Waals surface area contributed by atoms with Crippen LogP contribution in [0.1, 0.15) is 38.2 Å². The Balaban J connectivity index is 1.35. The largest absolute Gasteiger partial charge is 0.459 e. The van der Waals surface area contributed by atoms with Crippen molar-refractivity contribution in [2.45, 2.75) is 50.8 Å². The van der Waals surface area contributed by atoms with Crippen molar-refractivity contribution >= 4 is 42.3 Å². The van der Waals surface area contributed by atoms with Crippen molar-refractivity contribution in [1.82, 2.24) is 24.6 Å². The first-order valence-electron chi connectivity index (χ1n) is 13.1. The average Bonchev–Trinajstić information content (AvgIpc) is 3.57. The number of ether oxygens (including phenoxy) is 2. The number of aliphatic hydroxyl groups is 1. The number of anilines is 1. The Labute approximate surface area is 246 Å². The van der Waals surface area contributed by atoms with Crippen molar-refractivity contribution in [3.05, 3.63) is 77.8 Å². The molecule has 4 aromatic rings. The number of rotatable bonds is 11. The Kier molecular flexibility index (Phi) is 9.07. The second kappa shape index (κ2) is 12.7. The predicted molar refractivity (Wildman–Crippen MR) is 153 cm³/mol. The average molecular weight is 617 g/mol. The molecule has 1 unspecified atom stereocenters. The zero-order chi connectivity index (χ0) is 29.9. The lowest BCUT2D eigenvalue weighted by Gasteiger charge is -2.27. The van der Waals surface area contributed by atoms with Crippen LogP contribution in [0.5, 0.6) is 5.75 Å². The van der Waals surface area contributed by atoms with Crippen LogP contribution < -0.4 is 15.3 Å². The van der Waals surface area contributed by atoms with Crippen molar-refractivity contribution in [3.63, 3.8) is 0 Å². The summed E-state index contributed by atoms with van der Waals surface area (Å²) < 4.78 is 39.2. The van der Waals surface area contributed by atoms with Crippen molar-refractivity contribution in [2.75, 3.05) is 12.3 Å². The number of carbonyl (C=O) groups is 1. The molecule has 0 bridgehead atoms. The molecule has 0 amide bonds. The summed E-state index contributed by atoms with van der Waals surface area (Å²) in [4.78, 5) is 25.3. The number of hydrogen-bond donors (Lipinski definition) is 3. The van der Waals surface area contributed by atoms with Crippen LogP contribution >= 0.6 is 19.3 Å². The normalized spacial score (nSPS) is 21.5. The topological polar surface area (TPSA) is 173 Å². The van der Waals surface area contributed by atoms with Gasteiger partial charge in [0.05, 0.1) is 12.9 Å². The Bertz CT molecular complexity index is 1580. The molecule has 15 heteroatoms. The maximum Gasteiger partial charge on any atom is 0.459 e. The highest BCUT2D eigenvalue weighted by Gasteiger charge is 2.44. The molecule has 2 aromatic carbocycles. The number of carbonyl (C=O) groups excluding carboxylic acids is 1. The number of halogens is 1. The standard InChI is InChI=1S/C27H30ClN6O7P/c1-16(26(36)38-17(2)18-9-5-3-6-10-18)33-42(37,40-19-11-7-4-8-12-19)41-20-13-22(39-21(20)14-35)34-15-30-23-24(29)31-27(28)32-25(23)34/h3-12,15-17,20-22,35H,13-14H2,1-2H3,(H,33,37)(H2,29,31,32)/t16-,17-,20+,21+,22+,42?/m0/s1. The highest BCUT2D eigenvalue weighted by molar-refractivity contribution is 7.52. The third-order valence-electron chi connectivity index (χ3n) is 6.60. The van der Waals surface area contributed by atoms with E-state index in [4.69, 9.17) is 35.9 Å². The predicted octanol–water partition coefficient (Wildman–Crippen LogP) is 4.20. The fourth-order valence-corrected chi connectivity index (χ4v) is 6.39. The molecule has 222 valence electrons. The molecule has 5 rings (SSSR count). The molecule has 0 aliphatic carbocycles. The van der Waals surface area contributed by atoms with E-state index in [0.29, 0.717) is 11.2 Å². The fourth-order valence-electron chi connectivity index (χ4n) is 4.50. The van der Waals surface area contributed by atoms with Gasteiger partial charge in [-0.2, -0.15) is 15.1 Å². The molecular formula is C27H30ClN6O7P. The van der Waals surface area contributed by atoms with E-state index >= 15 is 0 Å².